The molecule has 0 saturated carbocycles. The van der Waals surface area contributed by atoms with Crippen LogP contribution in [0, 0.1) is 0 Å². The van der Waals surface area contributed by atoms with Gasteiger partial charge in [0.2, 0.25) is 5.88 Å². The van der Waals surface area contributed by atoms with Crippen molar-refractivity contribution in [2.75, 3.05) is 7.05 Å². The zero-order valence-corrected chi connectivity index (χ0v) is 10.9. The molecule has 0 bridgehead atoms. The lowest BCUT2D eigenvalue weighted by molar-refractivity contribution is 0.453. The summed E-state index contributed by atoms with van der Waals surface area (Å²) >= 11 is 3.38. The molecule has 0 radical (unpaired) electrons. The van der Waals surface area contributed by atoms with Gasteiger partial charge in [-0.2, -0.15) is 5.10 Å². The van der Waals surface area contributed by atoms with Crippen molar-refractivity contribution in [3.8, 4) is 11.6 Å². The van der Waals surface area contributed by atoms with Crippen LogP contribution in [0.25, 0.3) is 0 Å². The lowest BCUT2D eigenvalue weighted by Gasteiger charge is -2.04. The summed E-state index contributed by atoms with van der Waals surface area (Å²) in [5.41, 5.74) is 0.883. The fourth-order valence-electron chi connectivity index (χ4n) is 1.33. The first-order valence-corrected chi connectivity index (χ1v) is 5.98. The first-order valence-electron chi connectivity index (χ1n) is 5.18. The third-order valence-electron chi connectivity index (χ3n) is 2.07. The Morgan fingerprint density at radius 3 is 2.76 bits per heavy atom. The molecule has 4 nitrogen and oxygen atoms in total. The van der Waals surface area contributed by atoms with Gasteiger partial charge < -0.3 is 10.1 Å². The molecule has 0 aliphatic heterocycles. The molecule has 1 aromatic carbocycles. The molecule has 17 heavy (non-hydrogen) atoms. The third kappa shape index (κ3) is 3.51. The number of halogens is 1. The maximum atomic E-state index is 5.57. The second-order valence-corrected chi connectivity index (χ2v) is 4.37. The van der Waals surface area contributed by atoms with Crippen LogP contribution in [0.3, 0.4) is 0 Å². The summed E-state index contributed by atoms with van der Waals surface area (Å²) in [6.45, 7) is 0.699. The van der Waals surface area contributed by atoms with Crippen molar-refractivity contribution in [2.24, 2.45) is 0 Å². The Morgan fingerprint density at radius 2 is 2.12 bits per heavy atom. The Hall–Kier alpha value is -1.46. The van der Waals surface area contributed by atoms with Crippen molar-refractivity contribution >= 4 is 15.9 Å². The number of ether oxygens (including phenoxy) is 1. The lowest BCUT2D eigenvalue weighted by Crippen LogP contribution is -2.07. The molecule has 2 aromatic rings. The maximum absolute atomic E-state index is 5.57. The van der Waals surface area contributed by atoms with Gasteiger partial charge in [0.05, 0.1) is 5.69 Å². The molecule has 0 amide bonds. The highest BCUT2D eigenvalue weighted by molar-refractivity contribution is 9.10. The minimum absolute atomic E-state index is 0.489. The quantitative estimate of drug-likeness (QED) is 0.942. The number of hydrogen-bond acceptors (Lipinski definition) is 4. The van der Waals surface area contributed by atoms with Crippen LogP contribution in [-0.2, 0) is 6.54 Å². The lowest BCUT2D eigenvalue weighted by atomic mass is 10.3. The van der Waals surface area contributed by atoms with Crippen LogP contribution in [0.15, 0.2) is 40.9 Å². The predicted molar refractivity (Wildman–Crippen MR) is 69.0 cm³/mol. The van der Waals surface area contributed by atoms with Crippen LogP contribution in [0.4, 0.5) is 0 Å². The number of benzene rings is 1. The monoisotopic (exact) mass is 293 g/mol. The molecule has 0 atom stereocenters. The number of hydrogen-bond donors (Lipinski definition) is 1. The molecule has 2 rings (SSSR count). The van der Waals surface area contributed by atoms with Crippen molar-refractivity contribution in [1.29, 1.82) is 0 Å². The van der Waals surface area contributed by atoms with E-state index in [1.807, 2.05) is 37.4 Å². The van der Waals surface area contributed by atoms with Gasteiger partial charge in [0, 0.05) is 17.1 Å². The largest absolute Gasteiger partial charge is 0.437 e. The van der Waals surface area contributed by atoms with Gasteiger partial charge in [-0.15, -0.1) is 5.10 Å². The number of aromatic nitrogens is 2. The van der Waals surface area contributed by atoms with Crippen LogP contribution < -0.4 is 10.1 Å². The van der Waals surface area contributed by atoms with Crippen molar-refractivity contribution in [3.05, 3.63) is 46.6 Å². The van der Waals surface area contributed by atoms with Gasteiger partial charge >= 0.3 is 0 Å². The van der Waals surface area contributed by atoms with E-state index in [0.717, 1.165) is 15.9 Å². The minimum Gasteiger partial charge on any atom is -0.437 e. The van der Waals surface area contributed by atoms with E-state index in [2.05, 4.69) is 31.4 Å². The van der Waals surface area contributed by atoms with E-state index in [4.69, 9.17) is 4.74 Å². The Bertz CT molecular complexity index is 487. The first kappa shape index (κ1) is 12.0. The topological polar surface area (TPSA) is 47.0 Å². The van der Waals surface area contributed by atoms with E-state index >= 15 is 0 Å². The SMILES string of the molecule is CNCc1ccc(Oc2cccc(Br)c2)nn1. The first-order chi connectivity index (χ1) is 8.28. The summed E-state index contributed by atoms with van der Waals surface area (Å²) in [6, 6.07) is 11.3. The van der Waals surface area contributed by atoms with Gasteiger partial charge in [-0.1, -0.05) is 22.0 Å². The summed E-state index contributed by atoms with van der Waals surface area (Å²) in [4.78, 5) is 0. The zero-order valence-electron chi connectivity index (χ0n) is 9.35. The minimum atomic E-state index is 0.489. The third-order valence-corrected chi connectivity index (χ3v) is 2.56. The highest BCUT2D eigenvalue weighted by Gasteiger charge is 2.00. The highest BCUT2D eigenvalue weighted by atomic mass is 79.9. The van der Waals surface area contributed by atoms with Gasteiger partial charge in [-0.05, 0) is 31.3 Å². The van der Waals surface area contributed by atoms with Gasteiger partial charge in [-0.3, -0.25) is 0 Å². The van der Waals surface area contributed by atoms with Crippen LogP contribution in [0.1, 0.15) is 5.69 Å². The fraction of sp³-hybridized carbons (Fsp3) is 0.167. The molecule has 0 aliphatic rings. The second-order valence-electron chi connectivity index (χ2n) is 3.45. The Morgan fingerprint density at radius 1 is 1.24 bits per heavy atom. The molecule has 0 unspecified atom stereocenters. The molecule has 5 heteroatoms. The molecular formula is C12H12BrN3O. The van der Waals surface area contributed by atoms with Crippen molar-refractivity contribution in [3.63, 3.8) is 0 Å². The van der Waals surface area contributed by atoms with Crippen molar-refractivity contribution in [1.82, 2.24) is 15.5 Å². The molecule has 1 N–H and O–H groups in total. The normalized spacial score (nSPS) is 10.2. The second kappa shape index (κ2) is 5.75. The Kier molecular flexibility index (Phi) is 4.06. The van der Waals surface area contributed by atoms with E-state index in [1.165, 1.54) is 0 Å². The van der Waals surface area contributed by atoms with Crippen LogP contribution >= 0.6 is 15.9 Å². The summed E-state index contributed by atoms with van der Waals surface area (Å²) < 4.78 is 6.54. The highest BCUT2D eigenvalue weighted by Crippen LogP contribution is 2.22. The molecule has 88 valence electrons. The summed E-state index contributed by atoms with van der Waals surface area (Å²) in [6.07, 6.45) is 0. The van der Waals surface area contributed by atoms with E-state index in [1.54, 1.807) is 6.07 Å². The van der Waals surface area contributed by atoms with E-state index in [9.17, 15) is 0 Å². The predicted octanol–water partition coefficient (Wildman–Crippen LogP) is 2.75. The maximum Gasteiger partial charge on any atom is 0.238 e. The summed E-state index contributed by atoms with van der Waals surface area (Å²) in [7, 11) is 1.87. The van der Waals surface area contributed by atoms with Crippen molar-refractivity contribution < 1.29 is 4.74 Å². The zero-order chi connectivity index (χ0) is 12.1. The Balaban J connectivity index is 2.08. The van der Waals surface area contributed by atoms with Gasteiger partial charge in [0.1, 0.15) is 5.75 Å². The van der Waals surface area contributed by atoms with Gasteiger partial charge in [-0.25, -0.2) is 0 Å². The molecule has 0 saturated heterocycles. The van der Waals surface area contributed by atoms with Crippen molar-refractivity contribution in [2.45, 2.75) is 6.54 Å². The molecule has 1 heterocycles. The van der Waals surface area contributed by atoms with Gasteiger partial charge in [0.25, 0.3) is 0 Å². The number of nitrogens with one attached hydrogen (secondary N) is 1. The van der Waals surface area contributed by atoms with E-state index < -0.39 is 0 Å². The fourth-order valence-corrected chi connectivity index (χ4v) is 1.71. The molecular weight excluding hydrogens is 282 g/mol. The van der Waals surface area contributed by atoms with Crippen LogP contribution in [-0.4, -0.2) is 17.2 Å². The number of rotatable bonds is 4. The Labute approximate surface area is 108 Å². The standard InChI is InChI=1S/C12H12BrN3O/c1-14-8-10-5-6-12(16-15-10)17-11-4-2-3-9(13)7-11/h2-7,14H,8H2,1H3. The van der Waals surface area contributed by atoms with Crippen LogP contribution in [0.5, 0.6) is 11.6 Å². The average Bonchev–Trinajstić information content (AvgIpc) is 2.32. The summed E-state index contributed by atoms with van der Waals surface area (Å²) in [5, 5.41) is 11.0. The summed E-state index contributed by atoms with van der Waals surface area (Å²) in [5.74, 6) is 1.22. The average molecular weight is 294 g/mol. The van der Waals surface area contributed by atoms with E-state index in [-0.39, 0.29) is 0 Å². The van der Waals surface area contributed by atoms with Crippen LogP contribution in [0.2, 0.25) is 0 Å². The molecule has 0 aliphatic carbocycles. The molecule has 1 aromatic heterocycles. The van der Waals surface area contributed by atoms with E-state index in [0.29, 0.717) is 12.4 Å². The smallest absolute Gasteiger partial charge is 0.238 e. The molecule has 0 spiro atoms. The van der Waals surface area contributed by atoms with Gasteiger partial charge in [0.15, 0.2) is 0 Å². The number of nitrogens with zero attached hydrogens (tertiary/aromatic N) is 2. The molecule has 0 fully saturated rings.